The van der Waals surface area contributed by atoms with Crippen LogP contribution in [0.15, 0.2) is 48.5 Å². The average Bonchev–Trinajstić information content (AvgIpc) is 2.76. The third-order valence-electron chi connectivity index (χ3n) is 5.24. The lowest BCUT2D eigenvalue weighted by atomic mass is 9.98. The van der Waals surface area contributed by atoms with Gasteiger partial charge >= 0.3 is 0 Å². The summed E-state index contributed by atoms with van der Waals surface area (Å²) in [5.41, 5.74) is 2.54. The van der Waals surface area contributed by atoms with Crippen LogP contribution in [0.4, 0.5) is 0 Å². The van der Waals surface area contributed by atoms with Crippen molar-refractivity contribution in [3.8, 4) is 11.5 Å². The second-order valence-electron chi connectivity index (χ2n) is 7.12. The molecule has 0 bridgehead atoms. The van der Waals surface area contributed by atoms with E-state index in [-0.39, 0.29) is 6.04 Å². The summed E-state index contributed by atoms with van der Waals surface area (Å²) in [7, 11) is 3.35. The number of hydrogen-bond donors (Lipinski definition) is 1. The lowest BCUT2D eigenvalue weighted by Crippen LogP contribution is -2.38. The molecule has 3 rings (SSSR count). The molecule has 1 unspecified atom stereocenters. The van der Waals surface area contributed by atoms with Crippen molar-refractivity contribution < 1.29 is 14.2 Å². The highest BCUT2D eigenvalue weighted by Crippen LogP contribution is 2.31. The highest BCUT2D eigenvalue weighted by Gasteiger charge is 2.15. The minimum atomic E-state index is 0.229. The van der Waals surface area contributed by atoms with E-state index in [1.165, 1.54) is 11.1 Å². The largest absolute Gasteiger partial charge is 0.493 e. The number of nitrogens with one attached hydrogen (secondary N) is 1. The van der Waals surface area contributed by atoms with E-state index in [9.17, 15) is 0 Å². The van der Waals surface area contributed by atoms with Crippen LogP contribution < -0.4 is 14.8 Å². The fourth-order valence-corrected chi connectivity index (χ4v) is 3.63. The van der Waals surface area contributed by atoms with Crippen molar-refractivity contribution in [3.05, 3.63) is 59.7 Å². The summed E-state index contributed by atoms with van der Waals surface area (Å²) in [5, 5.41) is 3.76. The summed E-state index contributed by atoms with van der Waals surface area (Å²) in [4.78, 5) is 2.48. The molecule has 0 aliphatic carbocycles. The summed E-state index contributed by atoms with van der Waals surface area (Å²) >= 11 is 0. The van der Waals surface area contributed by atoms with Gasteiger partial charge in [-0.1, -0.05) is 36.4 Å². The van der Waals surface area contributed by atoms with Crippen LogP contribution in [0.25, 0.3) is 0 Å². The van der Waals surface area contributed by atoms with Crippen molar-refractivity contribution in [2.24, 2.45) is 0 Å². The molecule has 28 heavy (non-hydrogen) atoms. The Morgan fingerprint density at radius 3 is 2.46 bits per heavy atom. The third-order valence-corrected chi connectivity index (χ3v) is 5.24. The van der Waals surface area contributed by atoms with Crippen LogP contribution >= 0.6 is 0 Å². The van der Waals surface area contributed by atoms with Crippen LogP contribution in [0.2, 0.25) is 0 Å². The smallest absolute Gasteiger partial charge is 0.161 e. The van der Waals surface area contributed by atoms with Crippen molar-refractivity contribution in [2.45, 2.75) is 18.9 Å². The molecule has 1 heterocycles. The van der Waals surface area contributed by atoms with E-state index in [4.69, 9.17) is 14.2 Å². The molecule has 0 radical (unpaired) electrons. The molecule has 1 fully saturated rings. The molecule has 0 saturated carbocycles. The molecule has 5 heteroatoms. The van der Waals surface area contributed by atoms with Crippen LogP contribution in [0.5, 0.6) is 11.5 Å². The van der Waals surface area contributed by atoms with Crippen molar-refractivity contribution in [1.82, 2.24) is 10.2 Å². The van der Waals surface area contributed by atoms with E-state index in [1.807, 2.05) is 6.07 Å². The topological polar surface area (TPSA) is 43.0 Å². The summed E-state index contributed by atoms with van der Waals surface area (Å²) in [6, 6.07) is 17.1. The molecule has 1 aliphatic heterocycles. The first-order valence-electron chi connectivity index (χ1n) is 10.1. The molecule has 152 valence electrons. The zero-order valence-electron chi connectivity index (χ0n) is 17.0. The Kier molecular flexibility index (Phi) is 8.15. The molecule has 2 aromatic rings. The van der Waals surface area contributed by atoms with Gasteiger partial charge in [0.1, 0.15) is 0 Å². The fourth-order valence-electron chi connectivity index (χ4n) is 3.63. The van der Waals surface area contributed by atoms with Gasteiger partial charge in [-0.3, -0.25) is 4.90 Å². The summed E-state index contributed by atoms with van der Waals surface area (Å²) in [6.45, 7) is 5.89. The van der Waals surface area contributed by atoms with Crippen molar-refractivity contribution in [2.75, 3.05) is 53.6 Å². The van der Waals surface area contributed by atoms with Crippen LogP contribution in [-0.4, -0.2) is 58.5 Å². The second-order valence-corrected chi connectivity index (χ2v) is 7.12. The molecule has 1 N–H and O–H groups in total. The fraction of sp³-hybridized carbons (Fsp3) is 0.478. The molecule has 1 aliphatic rings. The van der Waals surface area contributed by atoms with Gasteiger partial charge in [0.2, 0.25) is 0 Å². The molecular formula is C23H32N2O3. The van der Waals surface area contributed by atoms with Gasteiger partial charge in [-0.25, -0.2) is 0 Å². The van der Waals surface area contributed by atoms with Gasteiger partial charge in [-0.05, 0) is 49.2 Å². The third kappa shape index (κ3) is 5.96. The van der Waals surface area contributed by atoms with E-state index < -0.39 is 0 Å². The molecule has 0 spiro atoms. The zero-order chi connectivity index (χ0) is 19.6. The van der Waals surface area contributed by atoms with Crippen molar-refractivity contribution >= 4 is 0 Å². The SMILES string of the molecule is COc1ccc(C(Cc2ccccc2)NCCCN2CCOCC2)cc1OC. The van der Waals surface area contributed by atoms with Crippen LogP contribution in [0.1, 0.15) is 23.6 Å². The highest BCUT2D eigenvalue weighted by atomic mass is 16.5. The van der Waals surface area contributed by atoms with Gasteiger partial charge in [-0.15, -0.1) is 0 Å². The Labute approximate surface area is 168 Å². The maximum atomic E-state index is 5.51. The first-order chi connectivity index (χ1) is 13.8. The predicted molar refractivity (Wildman–Crippen MR) is 112 cm³/mol. The highest BCUT2D eigenvalue weighted by molar-refractivity contribution is 5.44. The van der Waals surface area contributed by atoms with E-state index in [0.29, 0.717) is 0 Å². The number of rotatable bonds is 10. The number of hydrogen-bond acceptors (Lipinski definition) is 5. The number of morpholine rings is 1. The monoisotopic (exact) mass is 384 g/mol. The van der Waals surface area contributed by atoms with E-state index in [0.717, 1.165) is 63.7 Å². The van der Waals surface area contributed by atoms with Gasteiger partial charge < -0.3 is 19.5 Å². The Morgan fingerprint density at radius 1 is 1.00 bits per heavy atom. The first-order valence-corrected chi connectivity index (χ1v) is 10.1. The van der Waals surface area contributed by atoms with Crippen LogP contribution in [0.3, 0.4) is 0 Å². The molecule has 0 aromatic heterocycles. The summed E-state index contributed by atoms with van der Waals surface area (Å²) in [5.74, 6) is 1.53. The molecule has 5 nitrogen and oxygen atoms in total. The van der Waals surface area contributed by atoms with Gasteiger partial charge in [0.05, 0.1) is 27.4 Å². The minimum absolute atomic E-state index is 0.229. The van der Waals surface area contributed by atoms with E-state index >= 15 is 0 Å². The minimum Gasteiger partial charge on any atom is -0.493 e. The zero-order valence-corrected chi connectivity index (χ0v) is 17.0. The summed E-state index contributed by atoms with van der Waals surface area (Å²) in [6.07, 6.45) is 2.06. The second kappa shape index (κ2) is 11.1. The lowest BCUT2D eigenvalue weighted by molar-refractivity contribution is 0.0374. The predicted octanol–water partition coefficient (Wildman–Crippen LogP) is 3.30. The van der Waals surface area contributed by atoms with Crippen molar-refractivity contribution in [3.63, 3.8) is 0 Å². The lowest BCUT2D eigenvalue weighted by Gasteiger charge is -2.27. The maximum absolute atomic E-state index is 5.51. The average molecular weight is 385 g/mol. The first kappa shape index (κ1) is 20.6. The number of benzene rings is 2. The Morgan fingerprint density at radius 2 is 1.75 bits per heavy atom. The van der Waals surface area contributed by atoms with E-state index in [2.05, 4.69) is 52.7 Å². The summed E-state index contributed by atoms with van der Waals surface area (Å²) < 4.78 is 16.3. The molecule has 1 atom stereocenters. The van der Waals surface area contributed by atoms with Gasteiger partial charge in [0.15, 0.2) is 11.5 Å². The Balaban J connectivity index is 1.64. The standard InChI is InChI=1S/C23H32N2O3/c1-26-22-10-9-20(18-23(22)27-2)21(17-19-7-4-3-5-8-19)24-11-6-12-25-13-15-28-16-14-25/h3-5,7-10,18,21,24H,6,11-17H2,1-2H3. The quantitative estimate of drug-likeness (QED) is 0.637. The van der Waals surface area contributed by atoms with Gasteiger partial charge in [0.25, 0.3) is 0 Å². The Hall–Kier alpha value is -2.08. The van der Waals surface area contributed by atoms with Crippen molar-refractivity contribution in [1.29, 1.82) is 0 Å². The van der Waals surface area contributed by atoms with Crippen LogP contribution in [0, 0.1) is 0 Å². The number of methoxy groups -OCH3 is 2. The molecule has 0 amide bonds. The van der Waals surface area contributed by atoms with Gasteiger partial charge in [-0.2, -0.15) is 0 Å². The number of nitrogens with zero attached hydrogens (tertiary/aromatic N) is 1. The molecule has 1 saturated heterocycles. The molecular weight excluding hydrogens is 352 g/mol. The number of ether oxygens (including phenoxy) is 3. The Bertz CT molecular complexity index is 702. The van der Waals surface area contributed by atoms with Crippen LogP contribution in [-0.2, 0) is 11.2 Å². The maximum Gasteiger partial charge on any atom is 0.161 e. The van der Waals surface area contributed by atoms with E-state index in [1.54, 1.807) is 14.2 Å². The van der Waals surface area contributed by atoms with Gasteiger partial charge in [0, 0.05) is 19.1 Å². The normalized spacial score (nSPS) is 15.9. The molecule has 2 aromatic carbocycles.